The summed E-state index contributed by atoms with van der Waals surface area (Å²) in [7, 11) is 0. The number of aliphatic hydroxyl groups excluding tert-OH is 4. The summed E-state index contributed by atoms with van der Waals surface area (Å²) in [5, 5.41) is 50.5. The second kappa shape index (κ2) is 12.6. The van der Waals surface area contributed by atoms with Crippen LogP contribution in [-0.4, -0.2) is 69.8 Å². The molecule has 40 heavy (non-hydrogen) atoms. The number of hydrogen-bond acceptors (Lipinski definition) is 9. The third-order valence-corrected chi connectivity index (χ3v) is 6.08. The molecule has 2 unspecified atom stereocenters. The molecule has 1 saturated heterocycles. The first-order valence-electron chi connectivity index (χ1n) is 12.1. The van der Waals surface area contributed by atoms with E-state index in [1.807, 2.05) is 5.32 Å². The van der Waals surface area contributed by atoms with Gasteiger partial charge in [-0.3, -0.25) is 4.79 Å². The molecule has 13 heteroatoms. The number of carbonyl (C=O) groups excluding carboxylic acids is 1. The molecule has 0 aromatic heterocycles. The third-order valence-electron chi connectivity index (χ3n) is 6.08. The lowest BCUT2D eigenvalue weighted by molar-refractivity contribution is -0.309. The van der Waals surface area contributed by atoms with Crippen molar-refractivity contribution in [1.29, 1.82) is 0 Å². The van der Waals surface area contributed by atoms with Gasteiger partial charge in [0.25, 0.3) is 0 Å². The molecular weight excluding hydrogens is 535 g/mol. The maximum Gasteiger partial charge on any atom is 0.471 e. The van der Waals surface area contributed by atoms with E-state index in [0.29, 0.717) is 11.3 Å². The average Bonchev–Trinajstić information content (AvgIpc) is 2.95. The van der Waals surface area contributed by atoms with Crippen molar-refractivity contribution in [2.45, 2.75) is 43.0 Å². The predicted octanol–water partition coefficient (Wildman–Crippen LogP) is 3.51. The fourth-order valence-electron chi connectivity index (χ4n) is 4.02. The van der Waals surface area contributed by atoms with E-state index < -0.39 is 55.5 Å². The summed E-state index contributed by atoms with van der Waals surface area (Å²) in [5.41, 5.74) is 0.793. The lowest BCUT2D eigenvalue weighted by Crippen LogP contribution is -2.59. The summed E-state index contributed by atoms with van der Waals surface area (Å²) in [5.74, 6) is -2.23. The fourth-order valence-corrected chi connectivity index (χ4v) is 4.02. The highest BCUT2D eigenvalue weighted by Crippen LogP contribution is 2.38. The molecule has 4 rings (SSSR count). The minimum Gasteiger partial charge on any atom is -0.394 e. The Balaban J connectivity index is 1.78. The molecule has 0 aliphatic carbocycles. The number of benzene rings is 3. The summed E-state index contributed by atoms with van der Waals surface area (Å²) in [6.45, 7) is -0.719. The van der Waals surface area contributed by atoms with Crippen LogP contribution < -0.4 is 5.32 Å². The fraction of sp³-hybridized carbons (Fsp3) is 0.296. The molecule has 212 valence electrons. The molecule has 1 aliphatic heterocycles. The van der Waals surface area contributed by atoms with Gasteiger partial charge in [0.05, 0.1) is 18.0 Å². The number of anilines is 1. The lowest BCUT2D eigenvalue weighted by Gasteiger charge is -2.41. The normalized spacial score (nSPS) is 24.1. The Morgan fingerprint density at radius 1 is 0.900 bits per heavy atom. The number of hydrogen-bond donors (Lipinski definition) is 5. The van der Waals surface area contributed by atoms with E-state index in [9.17, 15) is 38.4 Å². The number of halogens is 3. The van der Waals surface area contributed by atoms with Crippen molar-refractivity contribution in [1.82, 2.24) is 0 Å². The van der Waals surface area contributed by atoms with Gasteiger partial charge in [-0.1, -0.05) is 48.5 Å². The van der Waals surface area contributed by atoms with E-state index in [1.165, 1.54) is 18.2 Å². The van der Waals surface area contributed by atoms with Gasteiger partial charge in [-0.05, 0) is 35.9 Å². The van der Waals surface area contributed by atoms with Crippen molar-refractivity contribution in [3.05, 3.63) is 90.0 Å². The maximum atomic E-state index is 13.2. The molecule has 10 nitrogen and oxygen atoms in total. The van der Waals surface area contributed by atoms with Crippen LogP contribution in [0.5, 0.6) is 0 Å². The van der Waals surface area contributed by atoms with Crippen LogP contribution >= 0.6 is 0 Å². The van der Waals surface area contributed by atoms with Gasteiger partial charge in [-0.2, -0.15) is 23.4 Å². The number of rotatable bonds is 8. The molecule has 3 aromatic rings. The zero-order chi connectivity index (χ0) is 28.9. The molecule has 0 spiro atoms. The van der Waals surface area contributed by atoms with E-state index in [-0.39, 0.29) is 16.9 Å². The third kappa shape index (κ3) is 6.88. The second-order valence-electron chi connectivity index (χ2n) is 8.88. The first kappa shape index (κ1) is 29.3. The van der Waals surface area contributed by atoms with Crippen LogP contribution in [0.2, 0.25) is 0 Å². The van der Waals surface area contributed by atoms with E-state index >= 15 is 0 Å². The minimum absolute atomic E-state index is 0.00901. The highest BCUT2D eigenvalue weighted by molar-refractivity contribution is 5.95. The van der Waals surface area contributed by atoms with Gasteiger partial charge in [-0.15, -0.1) is 0 Å². The Bertz CT molecular complexity index is 1310. The molecular formula is C27H26F3N3O7. The van der Waals surface area contributed by atoms with Crippen molar-refractivity contribution in [2.75, 3.05) is 11.9 Å². The average molecular weight is 562 g/mol. The van der Waals surface area contributed by atoms with E-state index in [4.69, 9.17) is 9.47 Å². The number of azo groups is 1. The number of carbonyl (C=O) groups is 1. The molecule has 5 N–H and O–H groups in total. The second-order valence-corrected chi connectivity index (χ2v) is 8.88. The molecule has 0 radical (unpaired) electrons. The van der Waals surface area contributed by atoms with Gasteiger partial charge in [-0.25, -0.2) is 0 Å². The molecule has 0 saturated carbocycles. The Morgan fingerprint density at radius 2 is 1.52 bits per heavy atom. The number of nitrogens with zero attached hydrogens (tertiary/aromatic N) is 2. The van der Waals surface area contributed by atoms with Crippen LogP contribution in [0.15, 0.2) is 89.1 Å². The molecule has 1 fully saturated rings. The van der Waals surface area contributed by atoms with Crippen LogP contribution in [0.4, 0.5) is 30.2 Å². The predicted molar refractivity (Wildman–Crippen MR) is 135 cm³/mol. The number of aliphatic hydroxyl groups is 4. The van der Waals surface area contributed by atoms with E-state index in [1.54, 1.807) is 60.7 Å². The van der Waals surface area contributed by atoms with Crippen molar-refractivity contribution in [2.24, 2.45) is 10.2 Å². The number of nitrogens with one attached hydrogen (secondary N) is 1. The van der Waals surface area contributed by atoms with Crippen molar-refractivity contribution in [3.8, 4) is 0 Å². The summed E-state index contributed by atoms with van der Waals surface area (Å²) >= 11 is 0. The first-order valence-corrected chi connectivity index (χ1v) is 12.1. The zero-order valence-corrected chi connectivity index (χ0v) is 20.7. The Hall–Kier alpha value is -3.72. The summed E-state index contributed by atoms with van der Waals surface area (Å²) in [6.07, 6.45) is -14.6. The topological polar surface area (TPSA) is 153 Å². The Morgan fingerprint density at radius 3 is 2.15 bits per heavy atom. The van der Waals surface area contributed by atoms with Gasteiger partial charge in [0.2, 0.25) is 0 Å². The van der Waals surface area contributed by atoms with Crippen LogP contribution in [0, 0.1) is 0 Å². The van der Waals surface area contributed by atoms with E-state index in [0.717, 1.165) is 0 Å². The Kier molecular flexibility index (Phi) is 9.25. The number of amides is 1. The van der Waals surface area contributed by atoms with Crippen LogP contribution in [0.3, 0.4) is 0 Å². The number of alkyl halides is 3. The largest absolute Gasteiger partial charge is 0.471 e. The van der Waals surface area contributed by atoms with Crippen LogP contribution in [0.25, 0.3) is 0 Å². The molecule has 1 amide bonds. The zero-order valence-electron chi connectivity index (χ0n) is 20.7. The van der Waals surface area contributed by atoms with Gasteiger partial charge in [0.15, 0.2) is 6.29 Å². The highest BCUT2D eigenvalue weighted by Gasteiger charge is 2.45. The highest BCUT2D eigenvalue weighted by atomic mass is 19.4. The molecule has 1 aliphatic rings. The van der Waals surface area contributed by atoms with Gasteiger partial charge >= 0.3 is 12.1 Å². The smallest absolute Gasteiger partial charge is 0.394 e. The van der Waals surface area contributed by atoms with Crippen LogP contribution in [0.1, 0.15) is 17.2 Å². The van der Waals surface area contributed by atoms with Gasteiger partial charge in [0.1, 0.15) is 30.5 Å². The van der Waals surface area contributed by atoms with Crippen molar-refractivity contribution >= 4 is 23.0 Å². The van der Waals surface area contributed by atoms with Crippen LogP contribution in [-0.2, 0) is 14.3 Å². The minimum atomic E-state index is -5.19. The molecule has 6 atom stereocenters. The summed E-state index contributed by atoms with van der Waals surface area (Å²) in [4.78, 5) is 11.9. The quantitative estimate of drug-likeness (QED) is 0.264. The standard InChI is InChI=1S/C27H26F3N3O7/c28-27(29,30)26(38)31-19-12-11-17(33-32-16-9-5-2-6-10-16)13-18(19)24(15-7-3-1-4-8-15)40-25-23(37)22(36)21(35)20(14-34)39-25/h1-13,20-25,34-37H,14H2,(H,31,38)/t20-,21+,22+,23-,24?,25?/m1/s1. The van der Waals surface area contributed by atoms with E-state index in [2.05, 4.69) is 10.2 Å². The van der Waals surface area contributed by atoms with Gasteiger partial charge in [0, 0.05) is 11.3 Å². The lowest BCUT2D eigenvalue weighted by atomic mass is 9.97. The van der Waals surface area contributed by atoms with Crippen molar-refractivity contribution < 1.29 is 47.9 Å². The monoisotopic (exact) mass is 561 g/mol. The summed E-state index contributed by atoms with van der Waals surface area (Å²) in [6, 6.07) is 20.7. The first-order chi connectivity index (χ1) is 19.1. The van der Waals surface area contributed by atoms with Gasteiger partial charge < -0.3 is 35.2 Å². The maximum absolute atomic E-state index is 13.2. The SMILES string of the molecule is O=C(Nc1ccc(N=Nc2ccccc2)cc1C(OC1O[C@H](CO)[C@H](O)[C@H](O)[C@H]1O)c1ccccc1)C(F)(F)F. The molecule has 0 bridgehead atoms. The Labute approximate surface area is 226 Å². The summed E-state index contributed by atoms with van der Waals surface area (Å²) < 4.78 is 50.9. The van der Waals surface area contributed by atoms with Crippen molar-refractivity contribution in [3.63, 3.8) is 0 Å². The molecule has 1 heterocycles. The number of ether oxygens (including phenoxy) is 2. The molecule has 3 aromatic carbocycles.